The van der Waals surface area contributed by atoms with Gasteiger partial charge < -0.3 is 9.88 Å². The van der Waals surface area contributed by atoms with E-state index in [0.717, 1.165) is 17.7 Å². The summed E-state index contributed by atoms with van der Waals surface area (Å²) in [6.07, 6.45) is 7.11. The van der Waals surface area contributed by atoms with E-state index in [1.54, 1.807) is 22.3 Å². The van der Waals surface area contributed by atoms with Crippen LogP contribution >= 0.6 is 11.3 Å². The van der Waals surface area contributed by atoms with E-state index in [0.29, 0.717) is 23.3 Å². The lowest BCUT2D eigenvalue weighted by atomic mass is 10.00. The molecule has 5 nitrogen and oxygen atoms in total. The Morgan fingerprint density at radius 2 is 1.93 bits per heavy atom. The molecule has 0 atom stereocenters. The standard InChI is InChI=1S/C23H27N3O2S/c1-15(2)26(14-21-24-18-11-8-7-10-17(18)22(27)25-21)23(28)20-13-16-9-5-3-4-6-12-19(16)29-20/h7-8,10-11,13,15H,3-6,9,12,14H2,1-2H3,(H,24,25,27). The Kier molecular flexibility index (Phi) is 5.81. The predicted molar refractivity (Wildman–Crippen MR) is 118 cm³/mol. The fourth-order valence-electron chi connectivity index (χ4n) is 3.95. The Morgan fingerprint density at radius 1 is 1.17 bits per heavy atom. The first-order valence-corrected chi connectivity index (χ1v) is 11.2. The van der Waals surface area contributed by atoms with Gasteiger partial charge in [0.25, 0.3) is 11.5 Å². The molecule has 29 heavy (non-hydrogen) atoms. The van der Waals surface area contributed by atoms with E-state index in [9.17, 15) is 9.59 Å². The van der Waals surface area contributed by atoms with Crippen molar-refractivity contribution in [1.29, 1.82) is 0 Å². The largest absolute Gasteiger partial charge is 0.328 e. The number of rotatable bonds is 4. The first kappa shape index (κ1) is 19.8. The first-order valence-electron chi connectivity index (χ1n) is 10.4. The van der Waals surface area contributed by atoms with Gasteiger partial charge in [-0.2, -0.15) is 0 Å². The molecule has 6 heteroatoms. The van der Waals surface area contributed by atoms with Crippen LogP contribution in [0.5, 0.6) is 0 Å². The van der Waals surface area contributed by atoms with Crippen molar-refractivity contribution in [2.45, 2.75) is 65.0 Å². The fraction of sp³-hybridized carbons (Fsp3) is 0.435. The monoisotopic (exact) mass is 409 g/mol. The maximum atomic E-state index is 13.3. The summed E-state index contributed by atoms with van der Waals surface area (Å²) < 4.78 is 0. The highest BCUT2D eigenvalue weighted by Crippen LogP contribution is 2.30. The molecule has 0 bridgehead atoms. The number of fused-ring (bicyclic) bond motifs is 2. The average molecular weight is 410 g/mol. The molecule has 0 saturated heterocycles. The molecule has 4 rings (SSSR count). The van der Waals surface area contributed by atoms with Gasteiger partial charge >= 0.3 is 0 Å². The highest BCUT2D eigenvalue weighted by Gasteiger charge is 2.24. The molecule has 1 amide bonds. The molecular weight excluding hydrogens is 382 g/mol. The number of carbonyl (C=O) groups is 1. The number of amides is 1. The number of aryl methyl sites for hydroxylation is 2. The predicted octanol–water partition coefficient (Wildman–Crippen LogP) is 4.69. The average Bonchev–Trinajstić information content (AvgIpc) is 3.07. The molecule has 0 aliphatic heterocycles. The van der Waals surface area contributed by atoms with Crippen LogP contribution in [0.15, 0.2) is 35.1 Å². The molecule has 152 valence electrons. The van der Waals surface area contributed by atoms with Crippen molar-refractivity contribution >= 4 is 28.1 Å². The van der Waals surface area contributed by atoms with Crippen molar-refractivity contribution in [2.75, 3.05) is 0 Å². The zero-order valence-corrected chi connectivity index (χ0v) is 17.8. The van der Waals surface area contributed by atoms with Gasteiger partial charge in [0.1, 0.15) is 5.82 Å². The number of aromatic amines is 1. The number of nitrogens with zero attached hydrogens (tertiary/aromatic N) is 2. The van der Waals surface area contributed by atoms with Crippen molar-refractivity contribution in [3.8, 4) is 0 Å². The maximum Gasteiger partial charge on any atom is 0.264 e. The molecule has 0 saturated carbocycles. The summed E-state index contributed by atoms with van der Waals surface area (Å²) in [4.78, 5) is 37.1. The third kappa shape index (κ3) is 4.27. The summed E-state index contributed by atoms with van der Waals surface area (Å²) in [5.41, 5.74) is 1.83. The SMILES string of the molecule is CC(C)N(Cc1nc2ccccc2c(=O)[nH]1)C(=O)c1cc2c(s1)CCCCCC2. The van der Waals surface area contributed by atoms with Crippen molar-refractivity contribution in [3.05, 3.63) is 61.8 Å². The van der Waals surface area contributed by atoms with Crippen LogP contribution in [0.25, 0.3) is 10.9 Å². The van der Waals surface area contributed by atoms with Gasteiger partial charge in [-0.15, -0.1) is 11.3 Å². The Labute approximate surface area is 174 Å². The number of aromatic nitrogens is 2. The number of hydrogen-bond donors (Lipinski definition) is 1. The van der Waals surface area contributed by atoms with Crippen LogP contribution in [0.3, 0.4) is 0 Å². The summed E-state index contributed by atoms with van der Waals surface area (Å²) in [5.74, 6) is 0.540. The minimum Gasteiger partial charge on any atom is -0.328 e. The van der Waals surface area contributed by atoms with Gasteiger partial charge in [-0.1, -0.05) is 25.0 Å². The van der Waals surface area contributed by atoms with E-state index in [1.165, 1.54) is 36.1 Å². The fourth-order valence-corrected chi connectivity index (χ4v) is 5.16. The van der Waals surface area contributed by atoms with Crippen LogP contribution in [0, 0.1) is 0 Å². The molecule has 2 heterocycles. The minimum absolute atomic E-state index is 0.00366. The van der Waals surface area contributed by atoms with Crippen LogP contribution < -0.4 is 5.56 Å². The number of H-pyrrole nitrogens is 1. The van der Waals surface area contributed by atoms with Gasteiger partial charge in [0.2, 0.25) is 0 Å². The molecule has 0 unspecified atom stereocenters. The summed E-state index contributed by atoms with van der Waals surface area (Å²) in [7, 11) is 0. The van der Waals surface area contributed by atoms with Gasteiger partial charge in [-0.05, 0) is 63.3 Å². The molecule has 0 fully saturated rings. The Hall–Kier alpha value is -2.47. The highest BCUT2D eigenvalue weighted by molar-refractivity contribution is 7.14. The second-order valence-corrected chi connectivity index (χ2v) is 9.17. The Bertz CT molecular complexity index is 1060. The quantitative estimate of drug-likeness (QED) is 0.679. The third-order valence-corrected chi connectivity index (χ3v) is 6.80. The summed E-state index contributed by atoms with van der Waals surface area (Å²) in [6.45, 7) is 4.29. The van der Waals surface area contributed by atoms with Gasteiger partial charge in [0, 0.05) is 10.9 Å². The van der Waals surface area contributed by atoms with Gasteiger partial charge in [-0.3, -0.25) is 9.59 Å². The molecule has 1 aliphatic carbocycles. The van der Waals surface area contributed by atoms with E-state index in [4.69, 9.17) is 0 Å². The van der Waals surface area contributed by atoms with Crippen LogP contribution in [-0.2, 0) is 19.4 Å². The Morgan fingerprint density at radius 3 is 2.72 bits per heavy atom. The molecule has 0 radical (unpaired) electrons. The number of thiophene rings is 1. The number of nitrogens with one attached hydrogen (secondary N) is 1. The van der Waals surface area contributed by atoms with Crippen LogP contribution in [-0.4, -0.2) is 26.8 Å². The maximum absolute atomic E-state index is 13.3. The van der Waals surface area contributed by atoms with E-state index < -0.39 is 0 Å². The molecular formula is C23H27N3O2S. The normalized spacial score (nSPS) is 14.4. The molecule has 1 N–H and O–H groups in total. The zero-order chi connectivity index (χ0) is 20.4. The second kappa shape index (κ2) is 8.49. The minimum atomic E-state index is -0.166. The van der Waals surface area contributed by atoms with E-state index in [2.05, 4.69) is 16.0 Å². The summed E-state index contributed by atoms with van der Waals surface area (Å²) in [5, 5.41) is 0.566. The first-order chi connectivity index (χ1) is 14.0. The van der Waals surface area contributed by atoms with Gasteiger partial charge in [0.15, 0.2) is 0 Å². The molecule has 2 aromatic heterocycles. The number of para-hydroxylation sites is 1. The lowest BCUT2D eigenvalue weighted by Gasteiger charge is -2.25. The smallest absolute Gasteiger partial charge is 0.264 e. The van der Waals surface area contributed by atoms with Crippen molar-refractivity contribution < 1.29 is 4.79 Å². The van der Waals surface area contributed by atoms with E-state index >= 15 is 0 Å². The van der Waals surface area contributed by atoms with E-state index in [1.807, 2.05) is 32.0 Å². The van der Waals surface area contributed by atoms with Crippen LogP contribution in [0.4, 0.5) is 0 Å². The second-order valence-electron chi connectivity index (χ2n) is 8.03. The van der Waals surface area contributed by atoms with Crippen molar-refractivity contribution in [3.63, 3.8) is 0 Å². The molecule has 0 spiro atoms. The van der Waals surface area contributed by atoms with Gasteiger partial charge in [-0.25, -0.2) is 4.98 Å². The van der Waals surface area contributed by atoms with Crippen molar-refractivity contribution in [2.24, 2.45) is 0 Å². The molecule has 3 aromatic rings. The third-order valence-electron chi connectivity index (χ3n) is 5.57. The summed E-state index contributed by atoms with van der Waals surface area (Å²) >= 11 is 1.64. The molecule has 1 aromatic carbocycles. The number of benzene rings is 1. The van der Waals surface area contributed by atoms with E-state index in [-0.39, 0.29) is 17.5 Å². The van der Waals surface area contributed by atoms with Crippen LogP contribution in [0.1, 0.15) is 65.5 Å². The lowest BCUT2D eigenvalue weighted by Crippen LogP contribution is -2.37. The number of carbonyl (C=O) groups excluding carboxylic acids is 1. The Balaban J connectivity index is 1.62. The summed E-state index contributed by atoms with van der Waals surface area (Å²) in [6, 6.07) is 9.38. The highest BCUT2D eigenvalue weighted by atomic mass is 32.1. The topological polar surface area (TPSA) is 66.1 Å². The zero-order valence-electron chi connectivity index (χ0n) is 17.0. The lowest BCUT2D eigenvalue weighted by molar-refractivity contribution is 0.0690. The number of hydrogen-bond acceptors (Lipinski definition) is 4. The van der Waals surface area contributed by atoms with Crippen LogP contribution in [0.2, 0.25) is 0 Å². The van der Waals surface area contributed by atoms with Gasteiger partial charge in [0.05, 0.1) is 22.3 Å². The van der Waals surface area contributed by atoms with Crippen molar-refractivity contribution in [1.82, 2.24) is 14.9 Å². The molecule has 1 aliphatic rings.